The SMILES string of the molecule is CCCCNC(=O)CC[C@@H](C)[C@H]1CC[C@H]2[C@@H]3[C@@H](O)CC4C[C@@H](O)CC[C@]4(C)[C@H]3CC[C@]12C.CCCCOc1c(OC)ccc2cc3[n+](cc12)CCc1cc2c(cc1-3)OCO2. The molecule has 328 valence electrons. The lowest BCUT2D eigenvalue weighted by atomic mass is 9.43. The number of amides is 1. The van der Waals surface area contributed by atoms with E-state index in [0.29, 0.717) is 66.2 Å². The molecule has 9 heteroatoms. The van der Waals surface area contributed by atoms with E-state index in [1.807, 2.05) is 6.07 Å². The van der Waals surface area contributed by atoms with Crippen LogP contribution in [0.2, 0.25) is 0 Å². The van der Waals surface area contributed by atoms with Gasteiger partial charge in [0.25, 0.3) is 0 Å². The van der Waals surface area contributed by atoms with Gasteiger partial charge in [-0.2, -0.15) is 4.57 Å². The highest BCUT2D eigenvalue weighted by molar-refractivity contribution is 5.91. The highest BCUT2D eigenvalue weighted by atomic mass is 16.7. The zero-order valence-electron chi connectivity index (χ0n) is 37.4. The molecule has 0 spiro atoms. The molecule has 10 atom stereocenters. The Balaban J connectivity index is 0.000000167. The summed E-state index contributed by atoms with van der Waals surface area (Å²) in [5, 5.41) is 27.0. The van der Waals surface area contributed by atoms with E-state index in [-0.39, 0.29) is 18.1 Å². The lowest BCUT2D eigenvalue weighted by molar-refractivity contribution is -0.686. The first-order chi connectivity index (χ1) is 29.0. The number of fused-ring (bicyclic) bond motifs is 10. The molecule has 1 aromatic heterocycles. The third-order valence-corrected chi connectivity index (χ3v) is 16.6. The number of carbonyl (C=O) groups is 1. The number of aryl methyl sites for hydroxylation is 2. The number of aliphatic hydroxyl groups is 2. The standard InChI is InChI=1S/C28H49NO3.C23H24NO4/c1-5-6-15-29-25(32)10-7-18(2)21-8-9-22-26-23(12-14-28(21,22)4)27(3)13-11-20(30)16-19(27)17-24(26)31;1-3-4-9-26-23-18-13-24-8-7-16-11-21-22(28-14-27-21)12-17(16)19(24)10-15(18)5-6-20(23)25-2/h18-24,26,30-31H,5-17H2,1-4H3,(H,29,32);5-6,10-13H,3-4,7-9,14H2,1-2H3/q;+1/t18-,19?,20+,21-,22+,23+,24+,26+,27+,28-;/m1./s1. The van der Waals surface area contributed by atoms with Gasteiger partial charge in [0, 0.05) is 25.5 Å². The van der Waals surface area contributed by atoms with Gasteiger partial charge in [0.05, 0.1) is 36.9 Å². The summed E-state index contributed by atoms with van der Waals surface area (Å²) in [5.74, 6) is 6.88. The van der Waals surface area contributed by atoms with Gasteiger partial charge < -0.3 is 34.5 Å². The lowest BCUT2D eigenvalue weighted by Crippen LogP contribution is -2.58. The summed E-state index contributed by atoms with van der Waals surface area (Å²) in [4.78, 5) is 12.3. The van der Waals surface area contributed by atoms with Crippen molar-refractivity contribution in [2.45, 2.75) is 150 Å². The fourth-order valence-corrected chi connectivity index (χ4v) is 13.3. The van der Waals surface area contributed by atoms with Gasteiger partial charge in [-0.1, -0.05) is 47.5 Å². The Hall–Kier alpha value is -3.56. The Labute approximate surface area is 358 Å². The van der Waals surface area contributed by atoms with Crippen molar-refractivity contribution in [2.75, 3.05) is 27.1 Å². The number of nitrogens with zero attached hydrogens (tertiary/aromatic N) is 1. The number of carbonyl (C=O) groups excluding carboxylic acids is 1. The highest BCUT2D eigenvalue weighted by Crippen LogP contribution is 2.68. The molecule has 9 rings (SSSR count). The minimum absolute atomic E-state index is 0.165. The van der Waals surface area contributed by atoms with E-state index >= 15 is 0 Å². The van der Waals surface area contributed by atoms with Crippen LogP contribution >= 0.6 is 0 Å². The first kappa shape index (κ1) is 43.1. The summed E-state index contributed by atoms with van der Waals surface area (Å²) >= 11 is 0. The molecule has 9 nitrogen and oxygen atoms in total. The first-order valence-electron chi connectivity index (χ1n) is 23.7. The molecular weight excluding hydrogens is 753 g/mol. The molecule has 60 heavy (non-hydrogen) atoms. The molecule has 1 amide bonds. The van der Waals surface area contributed by atoms with Crippen LogP contribution < -0.4 is 28.8 Å². The lowest BCUT2D eigenvalue weighted by Gasteiger charge is -2.62. The Morgan fingerprint density at radius 1 is 0.967 bits per heavy atom. The van der Waals surface area contributed by atoms with Crippen molar-refractivity contribution in [3.05, 3.63) is 42.1 Å². The molecule has 6 aliphatic rings. The Bertz CT molecular complexity index is 2000. The van der Waals surface area contributed by atoms with Crippen LogP contribution in [0.4, 0.5) is 0 Å². The summed E-state index contributed by atoms with van der Waals surface area (Å²) in [6.07, 6.45) is 17.6. The smallest absolute Gasteiger partial charge is 0.231 e. The van der Waals surface area contributed by atoms with E-state index < -0.39 is 0 Å². The molecule has 3 N–H and O–H groups in total. The highest BCUT2D eigenvalue weighted by Gasteiger charge is 2.62. The summed E-state index contributed by atoms with van der Waals surface area (Å²) in [6.45, 7) is 14.4. The summed E-state index contributed by atoms with van der Waals surface area (Å²) in [6, 6.07) is 10.6. The van der Waals surface area contributed by atoms with Gasteiger partial charge in [-0.3, -0.25) is 4.79 Å². The van der Waals surface area contributed by atoms with Crippen LogP contribution in [0.25, 0.3) is 22.0 Å². The number of aliphatic hydroxyl groups excluding tert-OH is 2. The molecule has 0 bridgehead atoms. The van der Waals surface area contributed by atoms with Crippen LogP contribution in [0.5, 0.6) is 23.0 Å². The van der Waals surface area contributed by atoms with Crippen molar-refractivity contribution < 1.29 is 38.5 Å². The largest absolute Gasteiger partial charge is 0.493 e. The number of nitrogens with one attached hydrogen (secondary N) is 1. The predicted octanol–water partition coefficient (Wildman–Crippen LogP) is 9.58. The van der Waals surface area contributed by atoms with E-state index in [4.69, 9.17) is 18.9 Å². The van der Waals surface area contributed by atoms with Crippen LogP contribution in [-0.2, 0) is 17.8 Å². The van der Waals surface area contributed by atoms with Gasteiger partial charge in [0.15, 0.2) is 35.7 Å². The molecule has 0 radical (unpaired) electrons. The van der Waals surface area contributed by atoms with E-state index in [1.54, 1.807) is 7.11 Å². The van der Waals surface area contributed by atoms with Crippen LogP contribution in [0.15, 0.2) is 36.5 Å². The fraction of sp³-hybridized carbons (Fsp3) is 0.686. The summed E-state index contributed by atoms with van der Waals surface area (Å²) < 4.78 is 25.2. The number of pyridine rings is 1. The molecule has 2 aromatic carbocycles. The molecule has 1 unspecified atom stereocenters. The zero-order chi connectivity index (χ0) is 42.2. The summed E-state index contributed by atoms with van der Waals surface area (Å²) in [5.41, 5.74) is 4.30. The Morgan fingerprint density at radius 2 is 1.73 bits per heavy atom. The average Bonchev–Trinajstić information content (AvgIpc) is 3.86. The van der Waals surface area contributed by atoms with Crippen molar-refractivity contribution >= 4 is 16.7 Å². The number of aromatic nitrogens is 1. The molecule has 4 aliphatic carbocycles. The van der Waals surface area contributed by atoms with Crippen molar-refractivity contribution in [1.29, 1.82) is 0 Å². The van der Waals surface area contributed by atoms with E-state index in [1.165, 1.54) is 42.5 Å². The van der Waals surface area contributed by atoms with E-state index in [0.717, 1.165) is 111 Å². The second-order valence-electron chi connectivity index (χ2n) is 19.9. The van der Waals surface area contributed by atoms with Gasteiger partial charge in [0.2, 0.25) is 18.4 Å². The molecule has 0 saturated heterocycles. The maximum absolute atomic E-state index is 12.3. The van der Waals surface area contributed by atoms with Crippen molar-refractivity contribution in [3.63, 3.8) is 0 Å². The fourth-order valence-electron chi connectivity index (χ4n) is 13.3. The van der Waals surface area contributed by atoms with Crippen LogP contribution in [-0.4, -0.2) is 55.4 Å². The van der Waals surface area contributed by atoms with Crippen molar-refractivity contribution in [1.82, 2.24) is 5.32 Å². The van der Waals surface area contributed by atoms with Gasteiger partial charge in [0.1, 0.15) is 0 Å². The van der Waals surface area contributed by atoms with E-state index in [9.17, 15) is 15.0 Å². The maximum Gasteiger partial charge on any atom is 0.231 e. The molecule has 2 aliphatic heterocycles. The van der Waals surface area contributed by atoms with E-state index in [2.05, 4.69) is 75.0 Å². The number of ether oxygens (including phenoxy) is 4. The molecular formula is C51H73N2O7+. The third-order valence-electron chi connectivity index (χ3n) is 16.6. The minimum atomic E-state index is -0.202. The van der Waals surface area contributed by atoms with Crippen molar-refractivity contribution in [3.8, 4) is 34.3 Å². The molecule has 4 saturated carbocycles. The minimum Gasteiger partial charge on any atom is -0.493 e. The van der Waals surface area contributed by atoms with Crippen molar-refractivity contribution in [2.24, 2.45) is 46.3 Å². The second kappa shape index (κ2) is 18.0. The number of rotatable bonds is 12. The first-order valence-corrected chi connectivity index (χ1v) is 23.7. The number of hydrogen-bond acceptors (Lipinski definition) is 7. The molecule has 3 heterocycles. The zero-order valence-corrected chi connectivity index (χ0v) is 37.4. The Kier molecular flexibility index (Phi) is 13.0. The van der Waals surface area contributed by atoms with Crippen LogP contribution in [0.1, 0.15) is 130 Å². The van der Waals surface area contributed by atoms with Gasteiger partial charge in [-0.05, 0) is 152 Å². The molecule has 4 fully saturated rings. The topological polar surface area (TPSA) is 110 Å². The Morgan fingerprint density at radius 3 is 2.52 bits per heavy atom. The quantitative estimate of drug-likeness (QED) is 0.123. The van der Waals surface area contributed by atoms with Gasteiger partial charge >= 0.3 is 0 Å². The third kappa shape index (κ3) is 8.11. The number of benzene rings is 2. The molecule has 3 aromatic rings. The monoisotopic (exact) mass is 826 g/mol. The van der Waals surface area contributed by atoms with Crippen LogP contribution in [0.3, 0.4) is 0 Å². The van der Waals surface area contributed by atoms with Gasteiger partial charge in [-0.25, -0.2) is 0 Å². The van der Waals surface area contributed by atoms with Gasteiger partial charge in [-0.15, -0.1) is 0 Å². The second-order valence-corrected chi connectivity index (χ2v) is 19.9. The number of unbranched alkanes of at least 4 members (excludes halogenated alkanes) is 2. The number of hydrogen-bond donors (Lipinski definition) is 3. The normalized spacial score (nSPS) is 31.4. The number of methoxy groups -OCH3 is 1. The summed E-state index contributed by atoms with van der Waals surface area (Å²) in [7, 11) is 1.69. The predicted molar refractivity (Wildman–Crippen MR) is 235 cm³/mol. The maximum atomic E-state index is 12.3. The van der Waals surface area contributed by atoms with Crippen LogP contribution in [0, 0.1) is 46.3 Å². The average molecular weight is 826 g/mol.